The molecule has 1 spiro atoms. The van der Waals surface area contributed by atoms with E-state index in [4.69, 9.17) is 9.47 Å². The lowest BCUT2D eigenvalue weighted by Gasteiger charge is -2.57. The fourth-order valence-electron chi connectivity index (χ4n) is 4.67. The molecule has 128 valence electrons. The average Bonchev–Trinajstić information content (AvgIpc) is 3.14. The molecular weight excluding hydrogens is 393 g/mol. The summed E-state index contributed by atoms with van der Waals surface area (Å²) in [6, 6.07) is 0.543. The van der Waals surface area contributed by atoms with Gasteiger partial charge in [0.25, 0.3) is 0 Å². The Balaban J connectivity index is 0.00000176. The van der Waals surface area contributed by atoms with Crippen molar-refractivity contribution in [1.29, 1.82) is 0 Å². The van der Waals surface area contributed by atoms with Gasteiger partial charge in [-0.05, 0) is 25.7 Å². The third-order valence-electron chi connectivity index (χ3n) is 5.62. The molecule has 1 heterocycles. The Morgan fingerprint density at radius 1 is 1.36 bits per heavy atom. The SMILES string of the molecule is CN=C(NCCCOC)NC1C2CCOC2C12CCCC2.I. The van der Waals surface area contributed by atoms with Crippen molar-refractivity contribution < 1.29 is 9.47 Å². The Hall–Kier alpha value is -0.0800. The van der Waals surface area contributed by atoms with Crippen molar-refractivity contribution in [2.24, 2.45) is 16.3 Å². The molecule has 2 saturated carbocycles. The van der Waals surface area contributed by atoms with Crippen LogP contribution in [0, 0.1) is 11.3 Å². The van der Waals surface area contributed by atoms with Gasteiger partial charge < -0.3 is 20.1 Å². The lowest BCUT2D eigenvalue weighted by molar-refractivity contribution is -0.125. The number of halogens is 1. The fraction of sp³-hybridized carbons (Fsp3) is 0.938. The number of nitrogens with one attached hydrogen (secondary N) is 2. The maximum atomic E-state index is 6.03. The maximum Gasteiger partial charge on any atom is 0.191 e. The van der Waals surface area contributed by atoms with Gasteiger partial charge in [-0.15, -0.1) is 24.0 Å². The van der Waals surface area contributed by atoms with E-state index in [2.05, 4.69) is 15.6 Å². The van der Waals surface area contributed by atoms with Crippen molar-refractivity contribution in [2.45, 2.75) is 50.7 Å². The van der Waals surface area contributed by atoms with E-state index in [1.54, 1.807) is 7.11 Å². The molecule has 1 aliphatic heterocycles. The summed E-state index contributed by atoms with van der Waals surface area (Å²) < 4.78 is 11.1. The fourth-order valence-corrected chi connectivity index (χ4v) is 4.67. The zero-order valence-corrected chi connectivity index (χ0v) is 16.1. The van der Waals surface area contributed by atoms with Gasteiger partial charge in [-0.1, -0.05) is 12.8 Å². The van der Waals surface area contributed by atoms with E-state index in [-0.39, 0.29) is 24.0 Å². The first kappa shape index (κ1) is 18.3. The molecule has 0 amide bonds. The van der Waals surface area contributed by atoms with Crippen LogP contribution in [-0.2, 0) is 9.47 Å². The van der Waals surface area contributed by atoms with Crippen molar-refractivity contribution in [3.05, 3.63) is 0 Å². The molecule has 22 heavy (non-hydrogen) atoms. The summed E-state index contributed by atoms with van der Waals surface area (Å²) >= 11 is 0. The molecule has 3 rings (SSSR count). The number of rotatable bonds is 5. The number of guanidine groups is 1. The van der Waals surface area contributed by atoms with E-state index < -0.39 is 0 Å². The average molecular weight is 423 g/mol. The quantitative estimate of drug-likeness (QED) is 0.308. The van der Waals surface area contributed by atoms with Crippen LogP contribution in [0.15, 0.2) is 4.99 Å². The first-order valence-electron chi connectivity index (χ1n) is 8.39. The number of ether oxygens (including phenoxy) is 2. The third-order valence-corrected chi connectivity index (χ3v) is 5.62. The Bertz CT molecular complexity index is 386. The largest absolute Gasteiger partial charge is 0.385 e. The monoisotopic (exact) mass is 423 g/mol. The molecule has 3 aliphatic rings. The van der Waals surface area contributed by atoms with Crippen LogP contribution in [0.25, 0.3) is 0 Å². The Morgan fingerprint density at radius 2 is 2.14 bits per heavy atom. The van der Waals surface area contributed by atoms with Crippen molar-refractivity contribution in [3.8, 4) is 0 Å². The summed E-state index contributed by atoms with van der Waals surface area (Å²) in [4.78, 5) is 4.39. The van der Waals surface area contributed by atoms with Gasteiger partial charge in [-0.3, -0.25) is 4.99 Å². The van der Waals surface area contributed by atoms with E-state index in [1.807, 2.05) is 7.05 Å². The zero-order valence-electron chi connectivity index (χ0n) is 13.8. The van der Waals surface area contributed by atoms with Crippen LogP contribution in [0.2, 0.25) is 0 Å². The summed E-state index contributed by atoms with van der Waals surface area (Å²) in [6.07, 6.45) is 8.03. The van der Waals surface area contributed by atoms with Crippen LogP contribution in [0.4, 0.5) is 0 Å². The molecule has 0 radical (unpaired) electrons. The highest BCUT2D eigenvalue weighted by Crippen LogP contribution is 2.60. The van der Waals surface area contributed by atoms with E-state index >= 15 is 0 Å². The second-order valence-corrected chi connectivity index (χ2v) is 6.65. The van der Waals surface area contributed by atoms with E-state index in [0.29, 0.717) is 23.5 Å². The number of hydrogen-bond acceptors (Lipinski definition) is 3. The highest BCUT2D eigenvalue weighted by atomic mass is 127. The first-order chi connectivity index (χ1) is 10.3. The highest BCUT2D eigenvalue weighted by Gasteiger charge is 2.65. The molecule has 0 aromatic heterocycles. The second kappa shape index (κ2) is 8.15. The van der Waals surface area contributed by atoms with Crippen LogP contribution in [0.3, 0.4) is 0 Å². The number of fused-ring (bicyclic) bond motifs is 2. The normalized spacial score (nSPS) is 32.3. The van der Waals surface area contributed by atoms with Gasteiger partial charge in [0.05, 0.1) is 6.10 Å². The molecule has 0 aromatic carbocycles. The van der Waals surface area contributed by atoms with Gasteiger partial charge in [-0.25, -0.2) is 0 Å². The van der Waals surface area contributed by atoms with Crippen LogP contribution in [0.5, 0.6) is 0 Å². The Kier molecular flexibility index (Phi) is 6.76. The van der Waals surface area contributed by atoms with Gasteiger partial charge in [-0.2, -0.15) is 0 Å². The Labute approximate surface area is 151 Å². The molecule has 5 nitrogen and oxygen atoms in total. The number of aliphatic imine (C=N–C) groups is 1. The summed E-state index contributed by atoms with van der Waals surface area (Å²) in [5.74, 6) is 1.62. The summed E-state index contributed by atoms with van der Waals surface area (Å²) in [5.41, 5.74) is 0.380. The summed E-state index contributed by atoms with van der Waals surface area (Å²) in [7, 11) is 3.60. The first-order valence-corrected chi connectivity index (χ1v) is 8.39. The van der Waals surface area contributed by atoms with Crippen molar-refractivity contribution in [1.82, 2.24) is 10.6 Å². The van der Waals surface area contributed by atoms with Crippen LogP contribution < -0.4 is 10.6 Å². The predicted molar refractivity (Wildman–Crippen MR) is 98.9 cm³/mol. The lowest BCUT2D eigenvalue weighted by Crippen LogP contribution is -2.69. The van der Waals surface area contributed by atoms with Crippen molar-refractivity contribution >= 4 is 29.9 Å². The number of methoxy groups -OCH3 is 1. The van der Waals surface area contributed by atoms with Gasteiger partial charge in [0.2, 0.25) is 0 Å². The van der Waals surface area contributed by atoms with Crippen LogP contribution in [-0.4, -0.2) is 52.0 Å². The molecule has 0 aromatic rings. The molecule has 0 bridgehead atoms. The van der Waals surface area contributed by atoms with E-state index in [1.165, 1.54) is 32.1 Å². The number of hydrogen-bond donors (Lipinski definition) is 2. The van der Waals surface area contributed by atoms with E-state index in [9.17, 15) is 0 Å². The molecule has 3 unspecified atom stereocenters. The molecule has 6 heteroatoms. The van der Waals surface area contributed by atoms with Crippen molar-refractivity contribution in [2.75, 3.05) is 33.9 Å². The minimum absolute atomic E-state index is 0. The molecule has 1 saturated heterocycles. The molecule has 3 atom stereocenters. The molecule has 2 aliphatic carbocycles. The standard InChI is InChI=1S/C16H29N3O2.HI/c1-17-15(18-9-5-10-20-2)19-13-12-6-11-21-14(12)16(13)7-3-4-8-16;/h12-14H,3-11H2,1-2H3,(H2,17,18,19);1H. The zero-order chi connectivity index (χ0) is 14.7. The van der Waals surface area contributed by atoms with Crippen LogP contribution >= 0.6 is 24.0 Å². The highest BCUT2D eigenvalue weighted by molar-refractivity contribution is 14.0. The van der Waals surface area contributed by atoms with Crippen molar-refractivity contribution in [3.63, 3.8) is 0 Å². The minimum atomic E-state index is 0. The van der Waals surface area contributed by atoms with Gasteiger partial charge in [0.1, 0.15) is 0 Å². The molecule has 2 N–H and O–H groups in total. The summed E-state index contributed by atoms with van der Waals surface area (Å²) in [5, 5.41) is 7.11. The minimum Gasteiger partial charge on any atom is -0.385 e. The van der Waals surface area contributed by atoms with Gasteiger partial charge in [0, 0.05) is 51.3 Å². The second-order valence-electron chi connectivity index (χ2n) is 6.65. The van der Waals surface area contributed by atoms with Gasteiger partial charge >= 0.3 is 0 Å². The predicted octanol–water partition coefficient (Wildman–Crippen LogP) is 2.15. The van der Waals surface area contributed by atoms with E-state index in [0.717, 1.165) is 32.1 Å². The number of nitrogens with zero attached hydrogens (tertiary/aromatic N) is 1. The third kappa shape index (κ3) is 3.24. The summed E-state index contributed by atoms with van der Waals surface area (Å²) in [6.45, 7) is 2.63. The lowest BCUT2D eigenvalue weighted by atomic mass is 9.54. The molecular formula is C16H30IN3O2. The van der Waals surface area contributed by atoms with Crippen LogP contribution in [0.1, 0.15) is 38.5 Å². The van der Waals surface area contributed by atoms with Gasteiger partial charge in [0.15, 0.2) is 5.96 Å². The topological polar surface area (TPSA) is 54.9 Å². The molecule has 3 fully saturated rings. The smallest absolute Gasteiger partial charge is 0.191 e. The Morgan fingerprint density at radius 3 is 2.82 bits per heavy atom. The maximum absolute atomic E-state index is 6.03.